The summed E-state index contributed by atoms with van der Waals surface area (Å²) in [4.78, 5) is 15.1. The number of benzene rings is 1. The Labute approximate surface area is 148 Å². The van der Waals surface area contributed by atoms with Crippen LogP contribution in [0, 0.1) is 0 Å². The number of aldehydes is 1. The number of fused-ring (bicyclic) bond motifs is 1. The summed E-state index contributed by atoms with van der Waals surface area (Å²) in [6.07, 6.45) is 4.17. The van der Waals surface area contributed by atoms with Gasteiger partial charge in [-0.15, -0.1) is 0 Å². The summed E-state index contributed by atoms with van der Waals surface area (Å²) in [6, 6.07) is 11.0. The molecule has 5 nitrogen and oxygen atoms in total. The van der Waals surface area contributed by atoms with Crippen molar-refractivity contribution in [2.45, 2.75) is 31.8 Å². The first-order valence-corrected chi connectivity index (χ1v) is 12.1. The van der Waals surface area contributed by atoms with Crippen LogP contribution in [0.4, 0.5) is 0 Å². The van der Waals surface area contributed by atoms with Crippen molar-refractivity contribution in [3.05, 3.63) is 59.5 Å². The highest BCUT2D eigenvalue weighted by molar-refractivity contribution is 6.76. The van der Waals surface area contributed by atoms with E-state index >= 15 is 0 Å². The molecule has 0 aliphatic heterocycles. The number of ether oxygens (including phenoxy) is 1. The second-order valence-corrected chi connectivity index (χ2v) is 13.0. The fourth-order valence-electron chi connectivity index (χ4n) is 2.72. The van der Waals surface area contributed by atoms with Gasteiger partial charge >= 0.3 is 0 Å². The van der Waals surface area contributed by atoms with Crippen molar-refractivity contribution in [2.24, 2.45) is 0 Å². The van der Waals surface area contributed by atoms with Crippen molar-refractivity contribution in [3.8, 4) is 0 Å². The largest absolute Gasteiger partial charge is 0.369 e. The summed E-state index contributed by atoms with van der Waals surface area (Å²) in [5.41, 5.74) is 3.38. The van der Waals surface area contributed by atoms with Crippen LogP contribution in [0.2, 0.25) is 25.7 Å². The van der Waals surface area contributed by atoms with Crippen LogP contribution in [-0.4, -0.2) is 36.1 Å². The number of nitrogens with zero attached hydrogens (tertiary/aromatic N) is 2. The number of carbonyl (C=O) groups is 1. The summed E-state index contributed by atoms with van der Waals surface area (Å²) >= 11 is 0. The van der Waals surface area contributed by atoms with Crippen molar-refractivity contribution >= 4 is 25.3 Å². The average Bonchev–Trinajstić information content (AvgIpc) is 3.01. The number of pyridine rings is 1. The van der Waals surface area contributed by atoms with Crippen molar-refractivity contribution < 1.29 is 9.53 Å². The fraction of sp³-hybridized carbons (Fsp3) is 0.316. The van der Waals surface area contributed by atoms with Gasteiger partial charge in [0.2, 0.25) is 0 Å². The topological polar surface area (TPSA) is 67.9 Å². The summed E-state index contributed by atoms with van der Waals surface area (Å²) in [7, 11) is -1.16. The first-order chi connectivity index (χ1) is 12.0. The molecule has 0 aliphatic carbocycles. The molecule has 0 bridgehead atoms. The van der Waals surface area contributed by atoms with Gasteiger partial charge in [-0.25, -0.2) is 0 Å². The summed E-state index contributed by atoms with van der Waals surface area (Å²) in [5.74, 6) is 0. The van der Waals surface area contributed by atoms with Crippen LogP contribution < -0.4 is 0 Å². The molecule has 2 heterocycles. The minimum atomic E-state index is -1.16. The number of rotatable bonds is 7. The third-order valence-electron chi connectivity index (χ3n) is 4.18. The van der Waals surface area contributed by atoms with Gasteiger partial charge in [0.25, 0.3) is 0 Å². The summed E-state index contributed by atoms with van der Waals surface area (Å²) in [5, 5.41) is 7.80. The molecule has 0 amide bonds. The number of nitrogens with one attached hydrogen (secondary N) is 1. The van der Waals surface area contributed by atoms with E-state index in [1.807, 2.05) is 30.3 Å². The lowest BCUT2D eigenvalue weighted by atomic mass is 10.0. The van der Waals surface area contributed by atoms with Gasteiger partial charge in [-0.1, -0.05) is 31.8 Å². The summed E-state index contributed by atoms with van der Waals surface area (Å²) < 4.78 is 6.28. The van der Waals surface area contributed by atoms with Gasteiger partial charge in [-0.2, -0.15) is 5.10 Å². The lowest BCUT2D eigenvalue weighted by Gasteiger charge is -2.22. The highest BCUT2D eigenvalue weighted by Gasteiger charge is 2.19. The molecule has 0 fully saturated rings. The van der Waals surface area contributed by atoms with Crippen molar-refractivity contribution in [2.75, 3.05) is 6.61 Å². The molecule has 3 aromatic rings. The van der Waals surface area contributed by atoms with Crippen molar-refractivity contribution in [1.29, 1.82) is 0 Å². The molecule has 1 atom stereocenters. The molecular weight excluding hydrogens is 330 g/mol. The Kier molecular flexibility index (Phi) is 5.10. The van der Waals surface area contributed by atoms with Gasteiger partial charge in [0.05, 0.1) is 5.52 Å². The minimum absolute atomic E-state index is 0.160. The van der Waals surface area contributed by atoms with Gasteiger partial charge < -0.3 is 4.74 Å². The molecule has 25 heavy (non-hydrogen) atoms. The van der Waals surface area contributed by atoms with E-state index in [0.29, 0.717) is 5.69 Å². The van der Waals surface area contributed by atoms with Gasteiger partial charge in [-0.3, -0.25) is 14.9 Å². The smallest absolute Gasteiger partial charge is 0.170 e. The highest BCUT2D eigenvalue weighted by Crippen LogP contribution is 2.29. The second kappa shape index (κ2) is 7.29. The van der Waals surface area contributed by atoms with Crippen molar-refractivity contribution in [1.82, 2.24) is 15.2 Å². The number of hydrogen-bond acceptors (Lipinski definition) is 4. The normalized spacial score (nSPS) is 13.1. The summed E-state index contributed by atoms with van der Waals surface area (Å²) in [6.45, 7) is 7.75. The number of H-pyrrole nitrogens is 1. The molecule has 0 radical (unpaired) electrons. The Morgan fingerprint density at radius 3 is 2.60 bits per heavy atom. The predicted octanol–water partition coefficient (Wildman–Crippen LogP) is 4.21. The molecule has 1 aromatic carbocycles. The Balaban J connectivity index is 1.92. The van der Waals surface area contributed by atoms with E-state index in [9.17, 15) is 4.79 Å². The van der Waals surface area contributed by atoms with Crippen LogP contribution in [0.15, 0.2) is 42.7 Å². The first kappa shape index (κ1) is 17.5. The minimum Gasteiger partial charge on any atom is -0.369 e. The monoisotopic (exact) mass is 353 g/mol. The number of hydrogen-bond donors (Lipinski definition) is 1. The van der Waals surface area contributed by atoms with E-state index in [1.165, 1.54) is 0 Å². The zero-order valence-electron chi connectivity index (χ0n) is 14.8. The maximum atomic E-state index is 11.0. The van der Waals surface area contributed by atoms with Crippen molar-refractivity contribution in [3.63, 3.8) is 0 Å². The highest BCUT2D eigenvalue weighted by atomic mass is 28.3. The molecule has 0 saturated heterocycles. The standard InChI is InChI=1S/C19H23N3O2Si/c1-25(2,3)11-10-24-19(14-6-8-20-9-7-14)15-4-5-16-17(12-15)21-22-18(16)13-23/h4-9,12-13,19H,10-11H2,1-3H3,(H,21,22). The van der Waals surface area contributed by atoms with E-state index < -0.39 is 8.07 Å². The quantitative estimate of drug-likeness (QED) is 0.510. The maximum absolute atomic E-state index is 11.0. The molecule has 130 valence electrons. The lowest BCUT2D eigenvalue weighted by Crippen LogP contribution is -2.22. The average molecular weight is 353 g/mol. The Morgan fingerprint density at radius 1 is 1.16 bits per heavy atom. The molecule has 0 aliphatic rings. The zero-order valence-corrected chi connectivity index (χ0v) is 15.8. The van der Waals surface area contributed by atoms with E-state index in [2.05, 4.69) is 34.8 Å². The number of aromatic nitrogens is 3. The molecule has 2 aromatic heterocycles. The van der Waals surface area contributed by atoms with Crippen LogP contribution in [0.5, 0.6) is 0 Å². The van der Waals surface area contributed by atoms with Crippen LogP contribution >= 0.6 is 0 Å². The second-order valence-electron chi connectivity index (χ2n) is 7.37. The first-order valence-electron chi connectivity index (χ1n) is 8.43. The molecule has 1 unspecified atom stereocenters. The lowest BCUT2D eigenvalue weighted by molar-refractivity contribution is 0.0907. The van der Waals surface area contributed by atoms with Gasteiger partial charge in [0.1, 0.15) is 11.8 Å². The number of aromatic amines is 1. The Morgan fingerprint density at radius 2 is 1.92 bits per heavy atom. The number of carbonyl (C=O) groups excluding carboxylic acids is 1. The van der Waals surface area contributed by atoms with Crippen LogP contribution in [-0.2, 0) is 4.74 Å². The molecule has 0 saturated carbocycles. The maximum Gasteiger partial charge on any atom is 0.170 e. The van der Waals surface area contributed by atoms with E-state index in [1.54, 1.807) is 12.4 Å². The Bertz CT molecular complexity index is 856. The zero-order chi connectivity index (χ0) is 17.9. The SMILES string of the molecule is C[Si](C)(C)CCOC(c1ccncc1)c1ccc2c(C=O)n[nH]c2c1. The van der Waals surface area contributed by atoms with Gasteiger partial charge in [0, 0.05) is 32.5 Å². The third kappa shape index (κ3) is 4.21. The van der Waals surface area contributed by atoms with E-state index in [0.717, 1.165) is 41.0 Å². The molecule has 1 N–H and O–H groups in total. The molecule has 0 spiro atoms. The molecule has 6 heteroatoms. The molecule has 3 rings (SSSR count). The van der Waals surface area contributed by atoms with Crippen LogP contribution in [0.25, 0.3) is 10.9 Å². The van der Waals surface area contributed by atoms with E-state index in [-0.39, 0.29) is 6.10 Å². The van der Waals surface area contributed by atoms with Crippen LogP contribution in [0.3, 0.4) is 0 Å². The fourth-order valence-corrected chi connectivity index (χ4v) is 3.45. The van der Waals surface area contributed by atoms with Gasteiger partial charge in [-0.05, 0) is 35.4 Å². The van der Waals surface area contributed by atoms with E-state index in [4.69, 9.17) is 4.74 Å². The predicted molar refractivity (Wildman–Crippen MR) is 102 cm³/mol. The molecular formula is C19H23N3O2Si. The van der Waals surface area contributed by atoms with Crippen LogP contribution in [0.1, 0.15) is 27.7 Å². The third-order valence-corrected chi connectivity index (χ3v) is 5.88. The van der Waals surface area contributed by atoms with Gasteiger partial charge in [0.15, 0.2) is 6.29 Å². The Hall–Kier alpha value is -2.31.